The molecule has 1 unspecified atom stereocenters. The molecule has 0 bridgehead atoms. The molecule has 1 aromatic carbocycles. The topological polar surface area (TPSA) is 369 Å². The average Bonchev–Trinajstić information content (AvgIpc) is 1.66. The number of nitrogen functional groups attached to an aromatic ring is 1. The Labute approximate surface area is 505 Å². The molecular formula is C51H69Cl2F3N17O13P. The Bertz CT molecular complexity index is 3500. The number of esters is 1. The van der Waals surface area contributed by atoms with Gasteiger partial charge in [0.25, 0.3) is 0 Å². The first-order valence-corrected chi connectivity index (χ1v) is 29.1. The maximum atomic E-state index is 15.6. The first-order valence-electron chi connectivity index (χ1n) is 26.8. The number of carbonyl (C=O) groups is 1. The molecule has 0 radical (unpaired) electrons. The van der Waals surface area contributed by atoms with Gasteiger partial charge in [-0.05, 0) is 76.9 Å². The Kier molecular flexibility index (Phi) is 19.8. The van der Waals surface area contributed by atoms with Gasteiger partial charge in [0.15, 0.2) is 88.1 Å². The van der Waals surface area contributed by atoms with Gasteiger partial charge < -0.3 is 69.4 Å². The Hall–Kier alpha value is -6.46. The molecule has 476 valence electrons. The van der Waals surface area contributed by atoms with Gasteiger partial charge in [-0.1, -0.05) is 18.2 Å². The number of aliphatic hydroxyl groups excluding tert-OH is 5. The molecular weight excluding hydrogens is 1220 g/mol. The van der Waals surface area contributed by atoms with Crippen molar-refractivity contribution in [2.45, 2.75) is 126 Å². The van der Waals surface area contributed by atoms with Crippen molar-refractivity contribution in [1.82, 2.24) is 63.6 Å². The van der Waals surface area contributed by atoms with E-state index >= 15 is 4.39 Å². The molecule has 0 amide bonds. The quantitative estimate of drug-likeness (QED) is 0.0389. The first kappa shape index (κ1) is 66.5. The van der Waals surface area contributed by atoms with Crippen LogP contribution in [0.1, 0.15) is 60.2 Å². The number of para-hydroxylation sites is 1. The van der Waals surface area contributed by atoms with E-state index in [2.05, 4.69) is 49.9 Å². The van der Waals surface area contributed by atoms with Gasteiger partial charge >= 0.3 is 13.7 Å². The normalized spacial score (nSPS) is 28.1. The van der Waals surface area contributed by atoms with E-state index in [-0.39, 0.29) is 33.6 Å². The lowest BCUT2D eigenvalue weighted by Gasteiger charge is -2.30. The van der Waals surface area contributed by atoms with E-state index in [0.717, 1.165) is 0 Å². The van der Waals surface area contributed by atoms with Crippen molar-refractivity contribution in [3.05, 3.63) is 59.9 Å². The van der Waals surface area contributed by atoms with Gasteiger partial charge in [-0.3, -0.25) is 23.0 Å². The molecule has 7 aromatic rings. The fourth-order valence-electron chi connectivity index (χ4n) is 9.43. The van der Waals surface area contributed by atoms with Gasteiger partial charge in [-0.25, -0.2) is 32.7 Å². The highest BCUT2D eigenvalue weighted by Crippen LogP contribution is 2.49. The monoisotopic (exact) mass is 1290 g/mol. The molecule has 87 heavy (non-hydrogen) atoms. The number of benzene rings is 1. The second-order valence-electron chi connectivity index (χ2n) is 22.2. The summed E-state index contributed by atoms with van der Waals surface area (Å²) in [6.45, 7) is 7.46. The van der Waals surface area contributed by atoms with Crippen molar-refractivity contribution in [2.75, 3.05) is 82.5 Å². The van der Waals surface area contributed by atoms with E-state index in [1.54, 1.807) is 101 Å². The summed E-state index contributed by atoms with van der Waals surface area (Å²) in [6, 6.07) is 7.05. The smallest absolute Gasteiger partial charge is 0.459 e. The van der Waals surface area contributed by atoms with E-state index in [4.69, 9.17) is 56.9 Å². The van der Waals surface area contributed by atoms with Crippen LogP contribution in [0.25, 0.3) is 33.5 Å². The third kappa shape index (κ3) is 13.5. The highest BCUT2D eigenvalue weighted by atomic mass is 35.5. The highest BCUT2D eigenvalue weighted by Gasteiger charge is 2.56. The van der Waals surface area contributed by atoms with Crippen LogP contribution in [0, 0.1) is 0 Å². The minimum absolute atomic E-state index is 0.0122. The van der Waals surface area contributed by atoms with E-state index < -0.39 is 118 Å². The minimum Gasteiger partial charge on any atom is -0.462 e. The number of anilines is 4. The van der Waals surface area contributed by atoms with E-state index in [1.807, 2.05) is 0 Å². The number of halogens is 5. The number of fused-ring (bicyclic) bond motifs is 3. The third-order valence-electron chi connectivity index (χ3n) is 14.2. The standard InChI is InChI=1S/C25H33ClFN6O7P.C13H17ClFN5O3.C13H19FN6O3/c1-14(2)38-23(35)15(3)31-41(36,40-16-10-8-7-9-11-16)37-12-25(4)19(34)17(27)22(39-25)33-13-28-18-20(32(5)6)29-24(26)30-21(18)33;1-13(4-21)8(22)6(15)11(23-13)20-5-16-7-9(19(2)3)17-12(14)18-10(7)20;1-13(4-21)8(22)6(14)11(23-13)20-5-16-7-9(19(2)3)17-12(15)18-10(7)20/h7-11,13-15,17,19,22,34H,12H2,1-6H3,(H,31,36);5-6,8,11,21-22H,4H2,1-3H3;5-6,8,11,21-22H,4H2,1-3H3,(H2,15,17,18)/t15-,17+,19-,22+,25+,41?;2*6-,8+,11-,13-/m011/s1. The van der Waals surface area contributed by atoms with Gasteiger partial charge in [0, 0.05) is 42.3 Å². The predicted molar refractivity (Wildman–Crippen MR) is 310 cm³/mol. The number of nitrogens with zero attached hydrogens (tertiary/aromatic N) is 15. The Balaban J connectivity index is 0.000000182. The summed E-state index contributed by atoms with van der Waals surface area (Å²) in [6.07, 6.45) is -10.2. The molecule has 6 aromatic heterocycles. The summed E-state index contributed by atoms with van der Waals surface area (Å²) in [7, 11) is 6.27. The van der Waals surface area contributed by atoms with Gasteiger partial charge in [-0.2, -0.15) is 35.0 Å². The predicted octanol–water partition coefficient (Wildman–Crippen LogP) is 3.64. The highest BCUT2D eigenvalue weighted by molar-refractivity contribution is 7.52. The number of nitrogens with two attached hydrogens (primary N) is 1. The lowest BCUT2D eigenvalue weighted by molar-refractivity contribution is -0.149. The van der Waals surface area contributed by atoms with Crippen molar-refractivity contribution >= 4 is 93.8 Å². The molecule has 3 fully saturated rings. The lowest BCUT2D eigenvalue weighted by Crippen LogP contribution is -2.44. The maximum Gasteiger partial charge on any atom is 0.459 e. The molecule has 14 atom stereocenters. The van der Waals surface area contributed by atoms with Crippen molar-refractivity contribution in [2.24, 2.45) is 0 Å². The van der Waals surface area contributed by atoms with E-state index in [9.17, 15) is 43.7 Å². The zero-order chi connectivity index (χ0) is 64.0. The maximum absolute atomic E-state index is 15.6. The summed E-state index contributed by atoms with van der Waals surface area (Å²) in [5.74, 6) is 0.904. The number of carbonyl (C=O) groups excluding carboxylic acids is 1. The van der Waals surface area contributed by atoms with Crippen LogP contribution in [0.15, 0.2) is 49.3 Å². The summed E-state index contributed by atoms with van der Waals surface area (Å²) in [4.78, 5) is 55.0. The van der Waals surface area contributed by atoms with Crippen molar-refractivity contribution < 1.29 is 76.1 Å². The number of alkyl halides is 3. The molecule has 10 rings (SSSR count). The Morgan fingerprint density at radius 2 is 1.05 bits per heavy atom. The van der Waals surface area contributed by atoms with Crippen LogP contribution in [0.3, 0.4) is 0 Å². The lowest BCUT2D eigenvalue weighted by atomic mass is 9.99. The Morgan fingerprint density at radius 3 is 1.43 bits per heavy atom. The molecule has 8 N–H and O–H groups in total. The van der Waals surface area contributed by atoms with Gasteiger partial charge in [0.05, 0.1) is 44.9 Å². The SMILES string of the molecule is CC(C)OC(=O)[C@H](C)NP(=O)(OC[C@@]1(C)O[C@@H](n2cnc3c(N(C)C)nc(Cl)nc32)[C@H](F)[C@@H]1O)Oc1ccccc1.CN(C)c1nc(Cl)nc2c1ncn2[C@@H]1O[C@](C)(CO)[C@@H](O)[C@H]1F.CN(C)c1nc(N)nc2c1ncn2[C@@H]1O[C@](C)(CO)[C@@H](O)[C@H]1F. The third-order valence-corrected chi connectivity index (χ3v) is 16.2. The van der Waals surface area contributed by atoms with Crippen LogP contribution in [0.5, 0.6) is 5.75 Å². The molecule has 30 nitrogen and oxygen atoms in total. The number of aliphatic hydroxyl groups is 5. The van der Waals surface area contributed by atoms with Crippen molar-refractivity contribution in [1.29, 1.82) is 0 Å². The van der Waals surface area contributed by atoms with Crippen molar-refractivity contribution in [3.63, 3.8) is 0 Å². The second-order valence-corrected chi connectivity index (χ2v) is 24.5. The molecule has 3 saturated heterocycles. The Morgan fingerprint density at radius 1 is 0.667 bits per heavy atom. The van der Waals surface area contributed by atoms with Gasteiger partial charge in [0.2, 0.25) is 16.5 Å². The fraction of sp³-hybridized carbons (Fsp3) is 0.569. The van der Waals surface area contributed by atoms with Gasteiger partial charge in [-0.15, -0.1) is 0 Å². The summed E-state index contributed by atoms with van der Waals surface area (Å²) in [5.41, 5.74) is 3.20. The van der Waals surface area contributed by atoms with Crippen molar-refractivity contribution in [3.8, 4) is 5.75 Å². The zero-order valence-corrected chi connectivity index (χ0v) is 51.6. The van der Waals surface area contributed by atoms with Crippen LogP contribution < -0.4 is 30.0 Å². The number of rotatable bonds is 17. The summed E-state index contributed by atoms with van der Waals surface area (Å²) < 4.78 is 96.0. The van der Waals surface area contributed by atoms with Crippen LogP contribution in [-0.2, 0) is 32.8 Å². The number of hydrogen-bond donors (Lipinski definition) is 7. The number of ether oxygens (including phenoxy) is 4. The second kappa shape index (κ2) is 25.9. The van der Waals surface area contributed by atoms with Crippen LogP contribution >= 0.6 is 30.9 Å². The van der Waals surface area contributed by atoms with Crippen LogP contribution in [-0.4, -0.2) is 218 Å². The molecule has 0 aliphatic carbocycles. The minimum atomic E-state index is -4.31. The average molecular weight is 1290 g/mol. The summed E-state index contributed by atoms with van der Waals surface area (Å²) >= 11 is 12.0. The summed E-state index contributed by atoms with van der Waals surface area (Å²) in [5, 5.41) is 52.1. The van der Waals surface area contributed by atoms with Crippen LogP contribution in [0.2, 0.25) is 10.6 Å². The molecule has 3 aliphatic rings. The van der Waals surface area contributed by atoms with E-state index in [0.29, 0.717) is 39.7 Å². The molecule has 0 spiro atoms. The van der Waals surface area contributed by atoms with E-state index in [1.165, 1.54) is 60.4 Å². The molecule has 36 heteroatoms. The fourth-order valence-corrected chi connectivity index (χ4v) is 11.3. The largest absolute Gasteiger partial charge is 0.462 e. The molecule has 0 saturated carbocycles. The van der Waals surface area contributed by atoms with Gasteiger partial charge in [0.1, 0.15) is 46.9 Å². The number of imidazole rings is 3. The number of nitrogens with one attached hydrogen (secondary N) is 1. The first-order chi connectivity index (χ1) is 40.8. The zero-order valence-electron chi connectivity index (χ0n) is 49.2. The molecule has 3 aliphatic heterocycles. The number of aromatic nitrogens is 12. The molecule has 9 heterocycles. The van der Waals surface area contributed by atoms with Crippen LogP contribution in [0.4, 0.5) is 36.6 Å². The number of hydrogen-bond acceptors (Lipinski definition) is 26.